The van der Waals surface area contributed by atoms with Gasteiger partial charge in [-0.2, -0.15) is 5.26 Å². The van der Waals surface area contributed by atoms with Gasteiger partial charge in [-0.25, -0.2) is 4.57 Å². The van der Waals surface area contributed by atoms with Gasteiger partial charge in [-0.1, -0.05) is 47.5 Å². The second-order valence-electron chi connectivity index (χ2n) is 3.97. The fraction of sp³-hybridized carbons (Fsp3) is 0.0714. The van der Waals surface area contributed by atoms with Gasteiger partial charge in [0, 0.05) is 0 Å². The summed E-state index contributed by atoms with van der Waals surface area (Å²) in [6, 6.07) is 14.8. The maximum atomic E-state index is 12.7. The zero-order chi connectivity index (χ0) is 15.3. The molecule has 2 aromatic rings. The summed E-state index contributed by atoms with van der Waals surface area (Å²) in [6.07, 6.45) is -0.427. The SMILES string of the molecule is N#CCP(=O)(Oc1ccccc1Cl)Oc1ccccc1Cl. The fourth-order valence-electron chi connectivity index (χ4n) is 1.51. The lowest BCUT2D eigenvalue weighted by molar-refractivity contribution is 0.390. The molecule has 0 heterocycles. The van der Waals surface area contributed by atoms with Crippen LogP contribution in [0.5, 0.6) is 11.5 Å². The highest BCUT2D eigenvalue weighted by atomic mass is 35.5. The summed E-state index contributed by atoms with van der Waals surface area (Å²) >= 11 is 11.9. The van der Waals surface area contributed by atoms with Gasteiger partial charge < -0.3 is 9.05 Å². The molecule has 108 valence electrons. The Bertz CT molecular complexity index is 679. The molecule has 0 aliphatic carbocycles. The van der Waals surface area contributed by atoms with Gasteiger partial charge in [0.05, 0.1) is 16.1 Å². The van der Waals surface area contributed by atoms with Crippen LogP contribution in [0.15, 0.2) is 48.5 Å². The zero-order valence-corrected chi connectivity index (χ0v) is 13.1. The van der Waals surface area contributed by atoms with Crippen LogP contribution in [-0.2, 0) is 4.57 Å². The minimum absolute atomic E-state index is 0.185. The first-order valence-electron chi connectivity index (χ1n) is 5.88. The number of halogens is 2. The van der Waals surface area contributed by atoms with Crippen LogP contribution in [0.4, 0.5) is 0 Å². The quantitative estimate of drug-likeness (QED) is 0.704. The molecular formula is C14H10Cl2NO3P. The molecule has 0 saturated carbocycles. The van der Waals surface area contributed by atoms with Crippen molar-refractivity contribution in [3.8, 4) is 17.6 Å². The summed E-state index contributed by atoms with van der Waals surface area (Å²) in [5.74, 6) is 0.370. The minimum atomic E-state index is -3.75. The summed E-state index contributed by atoms with van der Waals surface area (Å²) in [4.78, 5) is 0. The van der Waals surface area contributed by atoms with Crippen molar-refractivity contribution in [1.82, 2.24) is 0 Å². The summed E-state index contributed by atoms with van der Waals surface area (Å²) in [5.41, 5.74) is 0. The Morgan fingerprint density at radius 3 is 1.76 bits per heavy atom. The predicted octanol–water partition coefficient (Wildman–Crippen LogP) is 5.17. The standard InChI is InChI=1S/C14H10Cl2NO3P/c15-11-5-1-3-7-13(11)19-21(18,10-9-17)20-14-8-4-2-6-12(14)16/h1-8H,10H2. The van der Waals surface area contributed by atoms with E-state index in [1.54, 1.807) is 54.6 Å². The van der Waals surface area contributed by atoms with E-state index in [0.29, 0.717) is 0 Å². The van der Waals surface area contributed by atoms with Gasteiger partial charge in [0.15, 0.2) is 6.16 Å². The van der Waals surface area contributed by atoms with Gasteiger partial charge in [0.1, 0.15) is 11.5 Å². The third-order valence-corrected chi connectivity index (χ3v) is 4.52. The highest BCUT2D eigenvalue weighted by Gasteiger charge is 2.29. The van der Waals surface area contributed by atoms with Crippen LogP contribution in [0.1, 0.15) is 0 Å². The molecule has 0 N–H and O–H groups in total. The Balaban J connectivity index is 2.29. The Morgan fingerprint density at radius 1 is 0.952 bits per heavy atom. The molecule has 0 unspecified atom stereocenters. The monoisotopic (exact) mass is 341 g/mol. The highest BCUT2D eigenvalue weighted by molar-refractivity contribution is 7.55. The van der Waals surface area contributed by atoms with E-state index >= 15 is 0 Å². The van der Waals surface area contributed by atoms with E-state index in [9.17, 15) is 4.57 Å². The number of rotatable bonds is 5. The topological polar surface area (TPSA) is 59.3 Å². The molecule has 0 radical (unpaired) electrons. The van der Waals surface area contributed by atoms with Crippen molar-refractivity contribution in [1.29, 1.82) is 5.26 Å². The Kier molecular flexibility index (Phi) is 5.14. The van der Waals surface area contributed by atoms with Gasteiger partial charge in [-0.3, -0.25) is 0 Å². The molecule has 0 spiro atoms. The van der Waals surface area contributed by atoms with E-state index < -0.39 is 13.8 Å². The molecule has 0 bridgehead atoms. The minimum Gasteiger partial charge on any atom is -0.414 e. The van der Waals surface area contributed by atoms with E-state index in [1.807, 2.05) is 0 Å². The molecule has 2 aromatic carbocycles. The summed E-state index contributed by atoms with van der Waals surface area (Å²) in [6.45, 7) is 0. The van der Waals surface area contributed by atoms with Crippen molar-refractivity contribution >= 4 is 30.8 Å². The first-order chi connectivity index (χ1) is 10.0. The molecule has 0 aliphatic heterocycles. The zero-order valence-electron chi connectivity index (χ0n) is 10.7. The van der Waals surface area contributed by atoms with Crippen LogP contribution >= 0.6 is 30.8 Å². The Morgan fingerprint density at radius 2 is 1.38 bits per heavy atom. The number of hydrogen-bond acceptors (Lipinski definition) is 4. The lowest BCUT2D eigenvalue weighted by Gasteiger charge is -2.19. The lowest BCUT2D eigenvalue weighted by Crippen LogP contribution is -2.04. The van der Waals surface area contributed by atoms with E-state index in [1.165, 1.54) is 0 Å². The summed E-state index contributed by atoms with van der Waals surface area (Å²) in [7, 11) is -3.75. The van der Waals surface area contributed by atoms with Crippen molar-refractivity contribution < 1.29 is 13.6 Å². The van der Waals surface area contributed by atoms with Crippen LogP contribution in [0.25, 0.3) is 0 Å². The molecule has 0 atom stereocenters. The molecular weight excluding hydrogens is 332 g/mol. The number of hydrogen-bond donors (Lipinski definition) is 0. The van der Waals surface area contributed by atoms with Crippen molar-refractivity contribution in [3.63, 3.8) is 0 Å². The highest BCUT2D eigenvalue weighted by Crippen LogP contribution is 2.50. The van der Waals surface area contributed by atoms with Crippen LogP contribution in [0, 0.1) is 11.3 Å². The Hall–Kier alpha value is -1.66. The van der Waals surface area contributed by atoms with Crippen LogP contribution in [-0.4, -0.2) is 6.16 Å². The van der Waals surface area contributed by atoms with Crippen molar-refractivity contribution in [3.05, 3.63) is 58.6 Å². The van der Waals surface area contributed by atoms with Gasteiger partial charge in [-0.05, 0) is 24.3 Å². The molecule has 4 nitrogen and oxygen atoms in total. The maximum absolute atomic E-state index is 12.7. The largest absolute Gasteiger partial charge is 0.444 e. The second kappa shape index (κ2) is 6.87. The average molecular weight is 342 g/mol. The van der Waals surface area contributed by atoms with Crippen LogP contribution < -0.4 is 9.05 Å². The third-order valence-electron chi connectivity index (χ3n) is 2.41. The van der Waals surface area contributed by atoms with E-state index in [4.69, 9.17) is 37.5 Å². The number of para-hydroxylation sites is 2. The molecule has 21 heavy (non-hydrogen) atoms. The Labute approximate surface area is 132 Å². The smallest absolute Gasteiger partial charge is 0.414 e. The van der Waals surface area contributed by atoms with Gasteiger partial charge >= 0.3 is 7.60 Å². The molecule has 0 aliphatic rings. The molecule has 0 fully saturated rings. The van der Waals surface area contributed by atoms with Crippen LogP contribution in [0.3, 0.4) is 0 Å². The molecule has 0 amide bonds. The summed E-state index contributed by atoms with van der Waals surface area (Å²) < 4.78 is 23.4. The molecule has 0 aromatic heterocycles. The normalized spacial score (nSPS) is 10.7. The summed E-state index contributed by atoms with van der Waals surface area (Å²) in [5, 5.41) is 9.40. The van der Waals surface area contributed by atoms with Crippen molar-refractivity contribution in [2.75, 3.05) is 6.16 Å². The third kappa shape index (κ3) is 4.15. The van der Waals surface area contributed by atoms with E-state index in [-0.39, 0.29) is 21.5 Å². The second-order valence-corrected chi connectivity index (χ2v) is 6.69. The maximum Gasteiger partial charge on any atom is 0.444 e. The van der Waals surface area contributed by atoms with Crippen molar-refractivity contribution in [2.24, 2.45) is 0 Å². The van der Waals surface area contributed by atoms with Gasteiger partial charge in [0.2, 0.25) is 0 Å². The van der Waals surface area contributed by atoms with Crippen LogP contribution in [0.2, 0.25) is 10.0 Å². The first kappa shape index (κ1) is 15.7. The van der Waals surface area contributed by atoms with E-state index in [2.05, 4.69) is 0 Å². The average Bonchev–Trinajstić information content (AvgIpc) is 2.44. The van der Waals surface area contributed by atoms with E-state index in [0.717, 1.165) is 0 Å². The predicted molar refractivity (Wildman–Crippen MR) is 82.2 cm³/mol. The van der Waals surface area contributed by atoms with Crippen molar-refractivity contribution in [2.45, 2.75) is 0 Å². The number of nitriles is 1. The van der Waals surface area contributed by atoms with Gasteiger partial charge in [-0.15, -0.1) is 0 Å². The molecule has 7 heteroatoms. The first-order valence-corrected chi connectivity index (χ1v) is 8.37. The number of nitrogens with zero attached hydrogens (tertiary/aromatic N) is 1. The number of benzene rings is 2. The molecule has 0 saturated heterocycles. The molecule has 2 rings (SSSR count). The lowest BCUT2D eigenvalue weighted by atomic mass is 10.3. The fourth-order valence-corrected chi connectivity index (χ4v) is 3.22. The van der Waals surface area contributed by atoms with Gasteiger partial charge in [0.25, 0.3) is 0 Å².